The Morgan fingerprint density at radius 3 is 2.08 bits per heavy atom. The van der Waals surface area contributed by atoms with Crippen LogP contribution < -0.4 is 0 Å². The Hall–Kier alpha value is -2.17. The van der Waals surface area contributed by atoms with Crippen LogP contribution in [0.1, 0.15) is 23.5 Å². The van der Waals surface area contributed by atoms with E-state index in [0.717, 1.165) is 44.0 Å². The molecule has 0 N–H and O–H groups in total. The molecule has 1 fully saturated rings. The van der Waals surface area contributed by atoms with Gasteiger partial charge in [0.2, 0.25) is 0 Å². The van der Waals surface area contributed by atoms with Crippen LogP contribution in [0.4, 0.5) is 0 Å². The number of hydrogen-bond acceptors (Lipinski definition) is 4. The van der Waals surface area contributed by atoms with Crippen molar-refractivity contribution in [1.82, 2.24) is 4.90 Å². The van der Waals surface area contributed by atoms with E-state index in [1.54, 1.807) is 0 Å². The number of rotatable bonds is 7. The van der Waals surface area contributed by atoms with E-state index < -0.39 is 0 Å². The van der Waals surface area contributed by atoms with E-state index in [2.05, 4.69) is 29.2 Å². The molecule has 1 aliphatic rings. The van der Waals surface area contributed by atoms with Crippen LogP contribution in [-0.2, 0) is 14.3 Å². The number of hydrogen-bond donors (Lipinski definition) is 0. The smallest absolute Gasteiger partial charge is 0.306 e. The van der Waals surface area contributed by atoms with Crippen molar-refractivity contribution >= 4 is 5.97 Å². The van der Waals surface area contributed by atoms with Gasteiger partial charge in [-0.1, -0.05) is 60.7 Å². The van der Waals surface area contributed by atoms with Gasteiger partial charge in [-0.15, -0.1) is 0 Å². The van der Waals surface area contributed by atoms with E-state index in [0.29, 0.717) is 13.0 Å². The lowest BCUT2D eigenvalue weighted by atomic mass is 9.89. The Morgan fingerprint density at radius 1 is 0.960 bits per heavy atom. The number of benzene rings is 2. The maximum Gasteiger partial charge on any atom is 0.306 e. The summed E-state index contributed by atoms with van der Waals surface area (Å²) in [5.41, 5.74) is 2.28. The summed E-state index contributed by atoms with van der Waals surface area (Å²) in [6.45, 7) is 4.56. The highest BCUT2D eigenvalue weighted by Gasteiger charge is 2.19. The molecular weight excluding hydrogens is 314 g/mol. The van der Waals surface area contributed by atoms with E-state index in [4.69, 9.17) is 9.47 Å². The predicted octanol–water partition coefficient (Wildman–Crippen LogP) is 3.08. The molecule has 132 valence electrons. The molecule has 2 aromatic rings. The van der Waals surface area contributed by atoms with Crippen molar-refractivity contribution in [2.45, 2.75) is 12.3 Å². The number of morpholine rings is 1. The topological polar surface area (TPSA) is 38.8 Å². The van der Waals surface area contributed by atoms with E-state index in [-0.39, 0.29) is 11.9 Å². The van der Waals surface area contributed by atoms with Gasteiger partial charge in [0.25, 0.3) is 0 Å². The van der Waals surface area contributed by atoms with Crippen molar-refractivity contribution in [2.75, 3.05) is 39.5 Å². The van der Waals surface area contributed by atoms with Gasteiger partial charge in [0, 0.05) is 25.6 Å². The standard InChI is InChI=1S/C21H25NO3/c23-21(25-16-13-22-11-14-24-15-12-22)17-20(18-7-3-1-4-8-18)19-9-5-2-6-10-19/h1-10,20H,11-17H2. The first-order chi connectivity index (χ1) is 12.3. The van der Waals surface area contributed by atoms with E-state index in [9.17, 15) is 4.79 Å². The molecule has 0 radical (unpaired) electrons. The highest BCUT2D eigenvalue weighted by Crippen LogP contribution is 2.28. The molecule has 0 saturated carbocycles. The van der Waals surface area contributed by atoms with Crippen LogP contribution >= 0.6 is 0 Å². The van der Waals surface area contributed by atoms with Crippen LogP contribution in [0.2, 0.25) is 0 Å². The van der Waals surface area contributed by atoms with Crippen molar-refractivity contribution < 1.29 is 14.3 Å². The maximum atomic E-state index is 12.4. The zero-order valence-electron chi connectivity index (χ0n) is 14.5. The minimum atomic E-state index is -0.147. The van der Waals surface area contributed by atoms with Crippen molar-refractivity contribution in [2.24, 2.45) is 0 Å². The summed E-state index contributed by atoms with van der Waals surface area (Å²) >= 11 is 0. The first-order valence-electron chi connectivity index (χ1n) is 8.88. The van der Waals surface area contributed by atoms with Gasteiger partial charge in [-0.25, -0.2) is 0 Å². The molecule has 2 aromatic carbocycles. The Kier molecular flexibility index (Phi) is 6.60. The van der Waals surface area contributed by atoms with Crippen LogP contribution in [0.5, 0.6) is 0 Å². The lowest BCUT2D eigenvalue weighted by Gasteiger charge is -2.26. The third kappa shape index (κ3) is 5.41. The molecule has 0 aromatic heterocycles. The summed E-state index contributed by atoms with van der Waals surface area (Å²) in [4.78, 5) is 14.6. The molecule has 0 amide bonds. The van der Waals surface area contributed by atoms with E-state index in [1.807, 2.05) is 36.4 Å². The minimum Gasteiger partial charge on any atom is -0.464 e. The zero-order chi connectivity index (χ0) is 17.3. The van der Waals surface area contributed by atoms with Crippen LogP contribution in [0.25, 0.3) is 0 Å². The summed E-state index contributed by atoms with van der Waals surface area (Å²) in [7, 11) is 0. The third-order valence-corrected chi connectivity index (χ3v) is 4.55. The van der Waals surface area contributed by atoms with Gasteiger partial charge in [-0.2, -0.15) is 0 Å². The molecular formula is C21H25NO3. The molecule has 4 heteroatoms. The highest BCUT2D eigenvalue weighted by atomic mass is 16.5. The fraction of sp³-hybridized carbons (Fsp3) is 0.381. The molecule has 0 spiro atoms. The molecule has 0 bridgehead atoms. The van der Waals surface area contributed by atoms with Crippen LogP contribution in [0, 0.1) is 0 Å². The number of carbonyl (C=O) groups excluding carboxylic acids is 1. The number of carbonyl (C=O) groups is 1. The van der Waals surface area contributed by atoms with Gasteiger partial charge in [0.05, 0.1) is 19.6 Å². The fourth-order valence-corrected chi connectivity index (χ4v) is 3.14. The molecule has 3 rings (SSSR count). The molecule has 25 heavy (non-hydrogen) atoms. The van der Waals surface area contributed by atoms with Crippen LogP contribution in [0.3, 0.4) is 0 Å². The Labute approximate surface area is 149 Å². The minimum absolute atomic E-state index is 0.0262. The lowest BCUT2D eigenvalue weighted by Crippen LogP contribution is -2.38. The first kappa shape index (κ1) is 17.6. The molecule has 1 aliphatic heterocycles. The second-order valence-corrected chi connectivity index (χ2v) is 6.25. The van der Waals surface area contributed by atoms with Crippen LogP contribution in [-0.4, -0.2) is 50.3 Å². The first-order valence-corrected chi connectivity index (χ1v) is 8.88. The number of ether oxygens (including phenoxy) is 2. The number of nitrogens with zero attached hydrogens (tertiary/aromatic N) is 1. The van der Waals surface area contributed by atoms with Crippen molar-refractivity contribution in [3.05, 3.63) is 71.8 Å². The van der Waals surface area contributed by atoms with E-state index in [1.165, 1.54) is 0 Å². The molecule has 4 nitrogen and oxygen atoms in total. The Morgan fingerprint density at radius 2 is 1.52 bits per heavy atom. The Balaban J connectivity index is 1.57. The predicted molar refractivity (Wildman–Crippen MR) is 97.6 cm³/mol. The summed E-state index contributed by atoms with van der Waals surface area (Å²) < 4.78 is 10.8. The van der Waals surface area contributed by atoms with E-state index >= 15 is 0 Å². The summed E-state index contributed by atoms with van der Waals surface area (Å²) in [6, 6.07) is 20.3. The monoisotopic (exact) mass is 339 g/mol. The summed E-state index contributed by atoms with van der Waals surface area (Å²) in [5, 5.41) is 0. The maximum absolute atomic E-state index is 12.4. The summed E-state index contributed by atoms with van der Waals surface area (Å²) in [5.74, 6) is -0.121. The zero-order valence-corrected chi connectivity index (χ0v) is 14.5. The number of esters is 1. The van der Waals surface area contributed by atoms with Crippen LogP contribution in [0.15, 0.2) is 60.7 Å². The average Bonchev–Trinajstić information content (AvgIpc) is 2.68. The fourth-order valence-electron chi connectivity index (χ4n) is 3.14. The molecule has 0 unspecified atom stereocenters. The van der Waals surface area contributed by atoms with Crippen molar-refractivity contribution in [3.63, 3.8) is 0 Å². The molecule has 0 aliphatic carbocycles. The second kappa shape index (κ2) is 9.35. The van der Waals surface area contributed by atoms with Gasteiger partial charge in [-0.3, -0.25) is 9.69 Å². The quantitative estimate of drug-likeness (QED) is 0.727. The van der Waals surface area contributed by atoms with Gasteiger partial charge in [0.1, 0.15) is 6.61 Å². The normalized spacial score (nSPS) is 15.2. The van der Waals surface area contributed by atoms with Crippen molar-refractivity contribution in [1.29, 1.82) is 0 Å². The largest absolute Gasteiger partial charge is 0.464 e. The van der Waals surface area contributed by atoms with Gasteiger partial charge >= 0.3 is 5.97 Å². The third-order valence-electron chi connectivity index (χ3n) is 4.55. The average molecular weight is 339 g/mol. The van der Waals surface area contributed by atoms with Gasteiger partial charge in [0.15, 0.2) is 0 Å². The molecule has 1 heterocycles. The Bertz CT molecular complexity index is 599. The van der Waals surface area contributed by atoms with Gasteiger partial charge < -0.3 is 9.47 Å². The molecule has 0 atom stereocenters. The van der Waals surface area contributed by atoms with Gasteiger partial charge in [-0.05, 0) is 11.1 Å². The second-order valence-electron chi connectivity index (χ2n) is 6.25. The highest BCUT2D eigenvalue weighted by molar-refractivity contribution is 5.71. The SMILES string of the molecule is O=C(CC(c1ccccc1)c1ccccc1)OCCN1CCOCC1. The lowest BCUT2D eigenvalue weighted by molar-refractivity contribution is -0.144. The molecule has 1 saturated heterocycles. The summed E-state index contributed by atoms with van der Waals surface area (Å²) in [6.07, 6.45) is 0.358. The van der Waals surface area contributed by atoms with Crippen molar-refractivity contribution in [3.8, 4) is 0 Å².